The lowest BCUT2D eigenvalue weighted by Gasteiger charge is -1.93. The Bertz CT molecular complexity index is 531. The quantitative estimate of drug-likeness (QED) is 0.775. The second kappa shape index (κ2) is 3.98. The van der Waals surface area contributed by atoms with Crippen LogP contribution in [0.15, 0.2) is 40.9 Å². The topological polar surface area (TPSA) is 86.2 Å². The zero-order valence-corrected chi connectivity index (χ0v) is 8.21. The summed E-state index contributed by atoms with van der Waals surface area (Å²) in [6, 6.07) is 9.80. The van der Waals surface area contributed by atoms with Crippen molar-refractivity contribution in [3.63, 3.8) is 0 Å². The predicted molar refractivity (Wildman–Crippen MR) is 54.9 cm³/mol. The molecule has 80 valence electrons. The van der Waals surface area contributed by atoms with E-state index in [0.29, 0.717) is 5.56 Å². The number of carbonyl (C=O) groups excluding carboxylic acids is 2. The zero-order valence-electron chi connectivity index (χ0n) is 8.21. The predicted octanol–water partition coefficient (Wildman–Crippen LogP) is 1.00. The Labute approximate surface area is 90.8 Å². The molecular formula is C11H8N2O3. The summed E-state index contributed by atoms with van der Waals surface area (Å²) < 4.78 is 4.74. The summed E-state index contributed by atoms with van der Waals surface area (Å²) in [5, 5.41) is 3.39. The van der Waals surface area contributed by atoms with Gasteiger partial charge in [-0.05, 0) is 0 Å². The van der Waals surface area contributed by atoms with Crippen LogP contribution in [-0.2, 0) is 0 Å². The third kappa shape index (κ3) is 1.83. The first-order valence-corrected chi connectivity index (χ1v) is 4.55. The highest BCUT2D eigenvalue weighted by Crippen LogP contribution is 2.10. The minimum Gasteiger partial charge on any atom is -0.364 e. The molecule has 1 aromatic carbocycles. The Morgan fingerprint density at radius 3 is 2.44 bits per heavy atom. The number of carbonyl (C=O) groups is 2. The standard InChI is InChI=1S/C11H8N2O3/c12-11(15)8-6-9(16-13-8)10(14)7-4-2-1-3-5-7/h1-6H,(H2,12,15). The average molecular weight is 216 g/mol. The number of ketones is 1. The molecule has 2 N–H and O–H groups in total. The van der Waals surface area contributed by atoms with Crippen LogP contribution < -0.4 is 5.73 Å². The molecule has 0 aliphatic rings. The van der Waals surface area contributed by atoms with Gasteiger partial charge in [-0.1, -0.05) is 35.5 Å². The molecule has 1 aromatic heterocycles. The van der Waals surface area contributed by atoms with Crippen molar-refractivity contribution >= 4 is 11.7 Å². The molecule has 0 aliphatic carbocycles. The van der Waals surface area contributed by atoms with Crippen molar-refractivity contribution in [2.45, 2.75) is 0 Å². The Morgan fingerprint density at radius 2 is 1.88 bits per heavy atom. The van der Waals surface area contributed by atoms with Gasteiger partial charge in [-0.25, -0.2) is 0 Å². The van der Waals surface area contributed by atoms with E-state index in [2.05, 4.69) is 5.16 Å². The minimum atomic E-state index is -0.726. The number of rotatable bonds is 3. The van der Waals surface area contributed by atoms with Crippen LogP contribution >= 0.6 is 0 Å². The van der Waals surface area contributed by atoms with Crippen LogP contribution in [0.4, 0.5) is 0 Å². The lowest BCUT2D eigenvalue weighted by Crippen LogP contribution is -2.10. The van der Waals surface area contributed by atoms with Gasteiger partial charge in [-0.3, -0.25) is 9.59 Å². The fraction of sp³-hybridized carbons (Fsp3) is 0. The van der Waals surface area contributed by atoms with Crippen LogP contribution in [0.1, 0.15) is 26.6 Å². The van der Waals surface area contributed by atoms with Crippen LogP contribution in [0, 0.1) is 0 Å². The molecule has 0 aliphatic heterocycles. The highest BCUT2D eigenvalue weighted by Gasteiger charge is 2.16. The molecule has 5 heteroatoms. The van der Waals surface area contributed by atoms with Gasteiger partial charge in [0.1, 0.15) is 0 Å². The number of amides is 1. The molecule has 0 atom stereocenters. The highest BCUT2D eigenvalue weighted by atomic mass is 16.5. The van der Waals surface area contributed by atoms with Gasteiger partial charge in [-0.15, -0.1) is 0 Å². The van der Waals surface area contributed by atoms with Crippen LogP contribution in [0.3, 0.4) is 0 Å². The van der Waals surface area contributed by atoms with E-state index < -0.39 is 5.91 Å². The normalized spacial score (nSPS) is 10.0. The molecule has 0 saturated carbocycles. The van der Waals surface area contributed by atoms with Crippen molar-refractivity contribution < 1.29 is 14.1 Å². The number of aromatic nitrogens is 1. The first-order chi connectivity index (χ1) is 7.68. The van der Waals surface area contributed by atoms with Gasteiger partial charge in [0.05, 0.1) is 0 Å². The van der Waals surface area contributed by atoms with Crippen LogP contribution in [0.25, 0.3) is 0 Å². The molecular weight excluding hydrogens is 208 g/mol. The second-order valence-corrected chi connectivity index (χ2v) is 3.14. The Morgan fingerprint density at radius 1 is 1.19 bits per heavy atom. The van der Waals surface area contributed by atoms with E-state index in [4.69, 9.17) is 10.3 Å². The second-order valence-electron chi connectivity index (χ2n) is 3.14. The fourth-order valence-electron chi connectivity index (χ4n) is 1.23. The molecule has 0 saturated heterocycles. The molecule has 2 rings (SSSR count). The Hall–Kier alpha value is -2.43. The molecule has 5 nitrogen and oxygen atoms in total. The number of hydrogen-bond donors (Lipinski definition) is 1. The van der Waals surface area contributed by atoms with E-state index in [-0.39, 0.29) is 17.2 Å². The average Bonchev–Trinajstić information content (AvgIpc) is 2.78. The van der Waals surface area contributed by atoms with Gasteiger partial charge in [0, 0.05) is 11.6 Å². The maximum atomic E-state index is 11.8. The van der Waals surface area contributed by atoms with Crippen molar-refractivity contribution in [1.29, 1.82) is 0 Å². The molecule has 16 heavy (non-hydrogen) atoms. The summed E-state index contributed by atoms with van der Waals surface area (Å²) in [6.07, 6.45) is 0. The molecule has 0 fully saturated rings. The molecule has 0 unspecified atom stereocenters. The van der Waals surface area contributed by atoms with E-state index in [0.717, 1.165) is 0 Å². The first-order valence-electron chi connectivity index (χ1n) is 4.55. The number of nitrogens with two attached hydrogens (primary N) is 1. The number of hydrogen-bond acceptors (Lipinski definition) is 4. The first kappa shape index (κ1) is 10.1. The van der Waals surface area contributed by atoms with Gasteiger partial charge in [0.2, 0.25) is 11.5 Å². The van der Waals surface area contributed by atoms with E-state index in [1.165, 1.54) is 6.07 Å². The monoisotopic (exact) mass is 216 g/mol. The highest BCUT2D eigenvalue weighted by molar-refractivity contribution is 6.08. The molecule has 2 aromatic rings. The fourth-order valence-corrected chi connectivity index (χ4v) is 1.23. The lowest BCUT2D eigenvalue weighted by atomic mass is 10.1. The summed E-state index contributed by atoms with van der Waals surface area (Å²) in [5.41, 5.74) is 5.40. The van der Waals surface area contributed by atoms with Gasteiger partial charge in [-0.2, -0.15) is 0 Å². The molecule has 1 amide bonds. The van der Waals surface area contributed by atoms with Crippen molar-refractivity contribution in [1.82, 2.24) is 5.16 Å². The minimum absolute atomic E-state index is 0.000000000000000222. The Balaban J connectivity index is 2.31. The van der Waals surface area contributed by atoms with Crippen LogP contribution in [0.5, 0.6) is 0 Å². The molecule has 0 radical (unpaired) electrons. The van der Waals surface area contributed by atoms with E-state index in [1.807, 2.05) is 0 Å². The maximum absolute atomic E-state index is 11.8. The van der Waals surface area contributed by atoms with Gasteiger partial charge in [0.15, 0.2) is 5.69 Å². The molecule has 0 bridgehead atoms. The van der Waals surface area contributed by atoms with E-state index in [9.17, 15) is 9.59 Å². The number of primary amides is 1. The summed E-state index contributed by atoms with van der Waals surface area (Å²) in [6.45, 7) is 0. The third-order valence-electron chi connectivity index (χ3n) is 2.02. The third-order valence-corrected chi connectivity index (χ3v) is 2.02. The molecule has 0 spiro atoms. The van der Waals surface area contributed by atoms with Crippen molar-refractivity contribution in [3.8, 4) is 0 Å². The van der Waals surface area contributed by atoms with Crippen molar-refractivity contribution in [2.75, 3.05) is 0 Å². The van der Waals surface area contributed by atoms with Crippen molar-refractivity contribution in [3.05, 3.63) is 53.4 Å². The number of nitrogens with zero attached hydrogens (tertiary/aromatic N) is 1. The lowest BCUT2D eigenvalue weighted by molar-refractivity contribution is 0.0979. The smallest absolute Gasteiger partial charge is 0.270 e. The SMILES string of the molecule is NC(=O)c1cc(C(=O)c2ccccc2)on1. The van der Waals surface area contributed by atoms with Gasteiger partial charge in [0.25, 0.3) is 5.91 Å². The van der Waals surface area contributed by atoms with Crippen LogP contribution in [-0.4, -0.2) is 16.8 Å². The molecule has 1 heterocycles. The van der Waals surface area contributed by atoms with Gasteiger partial charge < -0.3 is 10.3 Å². The van der Waals surface area contributed by atoms with Gasteiger partial charge >= 0.3 is 0 Å². The Kier molecular flexibility index (Phi) is 2.51. The summed E-state index contributed by atoms with van der Waals surface area (Å²) in [7, 11) is 0. The maximum Gasteiger partial charge on any atom is 0.270 e. The summed E-state index contributed by atoms with van der Waals surface area (Å²) in [4.78, 5) is 22.6. The van der Waals surface area contributed by atoms with E-state index in [1.54, 1.807) is 30.3 Å². The largest absolute Gasteiger partial charge is 0.364 e. The van der Waals surface area contributed by atoms with Crippen molar-refractivity contribution in [2.24, 2.45) is 5.73 Å². The summed E-state index contributed by atoms with van der Waals surface area (Å²) >= 11 is 0. The number of benzene rings is 1. The van der Waals surface area contributed by atoms with Crippen LogP contribution in [0.2, 0.25) is 0 Å². The van der Waals surface area contributed by atoms with E-state index >= 15 is 0 Å². The summed E-state index contributed by atoms with van der Waals surface area (Å²) in [5.74, 6) is -1.06. The zero-order chi connectivity index (χ0) is 11.5.